The first kappa shape index (κ1) is 13.4. The molecular formula is C17H16FN3. The van der Waals surface area contributed by atoms with Crippen molar-refractivity contribution in [1.29, 1.82) is 0 Å². The molecule has 3 nitrogen and oxygen atoms in total. The van der Waals surface area contributed by atoms with E-state index in [2.05, 4.69) is 15.5 Å². The van der Waals surface area contributed by atoms with Crippen molar-refractivity contribution in [2.75, 3.05) is 5.32 Å². The minimum Gasteiger partial charge on any atom is -0.381 e. The first-order chi connectivity index (χ1) is 10.2. The second-order valence-electron chi connectivity index (χ2n) is 4.97. The van der Waals surface area contributed by atoms with Crippen molar-refractivity contribution >= 4 is 5.69 Å². The number of H-pyrrole nitrogens is 1. The van der Waals surface area contributed by atoms with Crippen molar-refractivity contribution in [2.45, 2.75) is 13.5 Å². The van der Waals surface area contributed by atoms with Gasteiger partial charge >= 0.3 is 0 Å². The average molecular weight is 281 g/mol. The molecule has 0 aliphatic rings. The van der Waals surface area contributed by atoms with Crippen molar-refractivity contribution < 1.29 is 4.39 Å². The summed E-state index contributed by atoms with van der Waals surface area (Å²) < 4.78 is 13.1. The van der Waals surface area contributed by atoms with Crippen molar-refractivity contribution in [3.8, 4) is 11.3 Å². The molecule has 3 rings (SSSR count). The third-order valence-corrected chi connectivity index (χ3v) is 3.48. The molecule has 0 fully saturated rings. The van der Waals surface area contributed by atoms with Crippen LogP contribution in [0.3, 0.4) is 0 Å². The topological polar surface area (TPSA) is 40.7 Å². The number of aryl methyl sites for hydroxylation is 1. The predicted octanol–water partition coefficient (Wildman–Crippen LogP) is 4.14. The van der Waals surface area contributed by atoms with Crippen LogP contribution in [0.1, 0.15) is 11.1 Å². The van der Waals surface area contributed by atoms with Crippen molar-refractivity contribution in [3.63, 3.8) is 0 Å². The Morgan fingerprint density at radius 1 is 1.10 bits per heavy atom. The predicted molar refractivity (Wildman–Crippen MR) is 82.5 cm³/mol. The smallest absolute Gasteiger partial charge is 0.123 e. The van der Waals surface area contributed by atoms with Gasteiger partial charge in [0.25, 0.3) is 0 Å². The van der Waals surface area contributed by atoms with Gasteiger partial charge in [0, 0.05) is 18.4 Å². The molecule has 0 atom stereocenters. The van der Waals surface area contributed by atoms with E-state index in [4.69, 9.17) is 0 Å². The fraction of sp³-hybridized carbons (Fsp3) is 0.118. The zero-order chi connectivity index (χ0) is 14.7. The Labute approximate surface area is 122 Å². The summed E-state index contributed by atoms with van der Waals surface area (Å²) in [6.07, 6.45) is 1.73. The Morgan fingerprint density at radius 3 is 2.57 bits per heavy atom. The molecule has 2 N–H and O–H groups in total. The lowest BCUT2D eigenvalue weighted by atomic mass is 10.1. The average Bonchev–Trinajstić information content (AvgIpc) is 3.01. The lowest BCUT2D eigenvalue weighted by molar-refractivity contribution is 0.625. The Hall–Kier alpha value is -2.62. The summed E-state index contributed by atoms with van der Waals surface area (Å²) in [5, 5.41) is 10.2. The molecule has 0 bridgehead atoms. The summed E-state index contributed by atoms with van der Waals surface area (Å²) in [5.74, 6) is -0.194. The molecular weight excluding hydrogens is 265 g/mol. The van der Waals surface area contributed by atoms with E-state index in [1.54, 1.807) is 12.3 Å². The molecule has 3 aromatic rings. The van der Waals surface area contributed by atoms with Gasteiger partial charge in [-0.2, -0.15) is 5.10 Å². The maximum Gasteiger partial charge on any atom is 0.123 e. The van der Waals surface area contributed by atoms with E-state index in [9.17, 15) is 4.39 Å². The lowest BCUT2D eigenvalue weighted by Gasteiger charge is -2.09. The zero-order valence-corrected chi connectivity index (χ0v) is 11.7. The summed E-state index contributed by atoms with van der Waals surface area (Å²) in [6, 6.07) is 14.9. The van der Waals surface area contributed by atoms with E-state index in [-0.39, 0.29) is 5.82 Å². The number of nitrogens with zero attached hydrogens (tertiary/aromatic N) is 1. The Bertz CT molecular complexity index is 718. The largest absolute Gasteiger partial charge is 0.381 e. The molecule has 0 radical (unpaired) electrons. The second-order valence-corrected chi connectivity index (χ2v) is 4.97. The molecule has 0 aliphatic heterocycles. The van der Waals surface area contributed by atoms with Crippen molar-refractivity contribution in [3.05, 3.63) is 71.7 Å². The van der Waals surface area contributed by atoms with Gasteiger partial charge < -0.3 is 5.32 Å². The summed E-state index contributed by atoms with van der Waals surface area (Å²) in [5.41, 5.74) is 5.17. The van der Waals surface area contributed by atoms with Crippen LogP contribution in [-0.2, 0) is 6.54 Å². The Kier molecular flexibility index (Phi) is 3.69. The minimum absolute atomic E-state index is 0.194. The first-order valence-electron chi connectivity index (χ1n) is 6.81. The van der Waals surface area contributed by atoms with Gasteiger partial charge in [-0.1, -0.05) is 18.2 Å². The van der Waals surface area contributed by atoms with E-state index < -0.39 is 0 Å². The van der Waals surface area contributed by atoms with E-state index in [1.807, 2.05) is 43.3 Å². The van der Waals surface area contributed by atoms with Crippen LogP contribution < -0.4 is 5.32 Å². The molecule has 21 heavy (non-hydrogen) atoms. The third kappa shape index (κ3) is 3.11. The highest BCUT2D eigenvalue weighted by Crippen LogP contribution is 2.19. The number of rotatable bonds is 4. The van der Waals surface area contributed by atoms with E-state index in [0.717, 1.165) is 28.1 Å². The summed E-state index contributed by atoms with van der Waals surface area (Å²) in [4.78, 5) is 0. The lowest BCUT2D eigenvalue weighted by Crippen LogP contribution is -2.01. The third-order valence-electron chi connectivity index (χ3n) is 3.48. The molecule has 2 aromatic carbocycles. The molecule has 0 unspecified atom stereocenters. The standard InChI is InChI=1S/C17H16FN3/c1-12-10-15(18)5-2-14(12)11-19-16-6-3-13(4-7-16)17-8-9-20-21-17/h2-10,19H,11H2,1H3,(H,20,21). The van der Waals surface area contributed by atoms with Crippen LogP contribution in [-0.4, -0.2) is 10.2 Å². The van der Waals surface area contributed by atoms with Crippen LogP contribution in [0.5, 0.6) is 0 Å². The van der Waals surface area contributed by atoms with Crippen LogP contribution in [0.15, 0.2) is 54.7 Å². The molecule has 106 valence electrons. The summed E-state index contributed by atoms with van der Waals surface area (Å²) in [7, 11) is 0. The quantitative estimate of drug-likeness (QED) is 0.754. The van der Waals surface area contributed by atoms with Gasteiger partial charge in [-0.3, -0.25) is 5.10 Å². The molecule has 1 aromatic heterocycles. The molecule has 0 aliphatic carbocycles. The van der Waals surface area contributed by atoms with Crippen molar-refractivity contribution in [2.24, 2.45) is 0 Å². The summed E-state index contributed by atoms with van der Waals surface area (Å²) >= 11 is 0. The SMILES string of the molecule is Cc1cc(F)ccc1CNc1ccc(-c2ccn[nH]2)cc1. The monoisotopic (exact) mass is 281 g/mol. The maximum absolute atomic E-state index is 13.1. The summed E-state index contributed by atoms with van der Waals surface area (Å²) in [6.45, 7) is 2.59. The normalized spacial score (nSPS) is 10.6. The van der Waals surface area contributed by atoms with Gasteiger partial charge in [-0.25, -0.2) is 4.39 Å². The maximum atomic E-state index is 13.1. The van der Waals surface area contributed by atoms with Gasteiger partial charge in [0.1, 0.15) is 5.82 Å². The van der Waals surface area contributed by atoms with Gasteiger partial charge in [-0.05, 0) is 53.9 Å². The van der Waals surface area contributed by atoms with Crippen LogP contribution >= 0.6 is 0 Å². The van der Waals surface area contributed by atoms with Crippen LogP contribution in [0, 0.1) is 12.7 Å². The number of hydrogen-bond donors (Lipinski definition) is 2. The number of aromatic amines is 1. The van der Waals surface area contributed by atoms with Gasteiger partial charge in [0.05, 0.1) is 5.69 Å². The Morgan fingerprint density at radius 2 is 1.90 bits per heavy atom. The van der Waals surface area contributed by atoms with E-state index in [0.29, 0.717) is 6.54 Å². The van der Waals surface area contributed by atoms with Crippen molar-refractivity contribution in [1.82, 2.24) is 10.2 Å². The molecule has 4 heteroatoms. The van der Waals surface area contributed by atoms with Crippen LogP contribution in [0.2, 0.25) is 0 Å². The fourth-order valence-electron chi connectivity index (χ4n) is 2.24. The first-order valence-corrected chi connectivity index (χ1v) is 6.81. The zero-order valence-electron chi connectivity index (χ0n) is 11.7. The van der Waals surface area contributed by atoms with Gasteiger partial charge in [0.15, 0.2) is 0 Å². The number of nitrogens with one attached hydrogen (secondary N) is 2. The highest BCUT2D eigenvalue weighted by Gasteiger charge is 2.01. The van der Waals surface area contributed by atoms with Gasteiger partial charge in [-0.15, -0.1) is 0 Å². The van der Waals surface area contributed by atoms with Crippen LogP contribution in [0.25, 0.3) is 11.3 Å². The number of hydrogen-bond acceptors (Lipinski definition) is 2. The fourth-order valence-corrected chi connectivity index (χ4v) is 2.24. The molecule has 1 heterocycles. The highest BCUT2D eigenvalue weighted by molar-refractivity contribution is 5.62. The second kappa shape index (κ2) is 5.79. The highest BCUT2D eigenvalue weighted by atomic mass is 19.1. The number of benzene rings is 2. The number of aromatic nitrogens is 2. The molecule has 0 spiro atoms. The molecule has 0 saturated carbocycles. The van der Waals surface area contributed by atoms with Gasteiger partial charge in [0.2, 0.25) is 0 Å². The Balaban J connectivity index is 1.68. The number of anilines is 1. The van der Waals surface area contributed by atoms with E-state index in [1.165, 1.54) is 6.07 Å². The molecule has 0 amide bonds. The van der Waals surface area contributed by atoms with Crippen LogP contribution in [0.4, 0.5) is 10.1 Å². The van der Waals surface area contributed by atoms with E-state index >= 15 is 0 Å². The number of halogens is 1. The molecule has 0 saturated heterocycles. The minimum atomic E-state index is -0.194.